The van der Waals surface area contributed by atoms with Gasteiger partial charge in [-0.25, -0.2) is 19.2 Å². The van der Waals surface area contributed by atoms with Gasteiger partial charge < -0.3 is 19.3 Å². The maximum atomic E-state index is 12.8. The van der Waals surface area contributed by atoms with E-state index in [1.807, 2.05) is 16.7 Å². The molecule has 1 fully saturated rings. The van der Waals surface area contributed by atoms with E-state index in [1.54, 1.807) is 18.3 Å². The summed E-state index contributed by atoms with van der Waals surface area (Å²) in [6, 6.07) is 3.48. The standard InChI is InChI=1S/C21H25N7O4/c1-2-31-14-28-21(30)27-13-23-17(11-18(27)24-28)26-8-9-32-16-10-15(12-22-19(16)26)20(29)25-6-4-3-5-7-25/h10-13H,2-9,14H2,1H3. The zero-order valence-electron chi connectivity index (χ0n) is 17.9. The summed E-state index contributed by atoms with van der Waals surface area (Å²) < 4.78 is 13.7. The van der Waals surface area contributed by atoms with Crippen molar-refractivity contribution in [2.75, 3.05) is 37.7 Å². The van der Waals surface area contributed by atoms with Gasteiger partial charge in [0.05, 0.1) is 12.1 Å². The number of carbonyl (C=O) groups excluding carboxylic acids is 1. The van der Waals surface area contributed by atoms with Crippen LogP contribution in [0.15, 0.2) is 29.5 Å². The Morgan fingerprint density at radius 2 is 2.00 bits per heavy atom. The van der Waals surface area contributed by atoms with Crippen LogP contribution >= 0.6 is 0 Å². The Kier molecular flexibility index (Phi) is 5.48. The number of carbonyl (C=O) groups is 1. The fraction of sp³-hybridized carbons (Fsp3) is 0.476. The SMILES string of the molecule is CCOCn1nc2cc(N3CCOc4cc(C(=O)N5CCCCC5)cnc43)ncn2c1=O. The molecule has 2 aliphatic rings. The van der Waals surface area contributed by atoms with Gasteiger partial charge in [0.1, 0.15) is 25.5 Å². The number of piperidine rings is 1. The van der Waals surface area contributed by atoms with Crippen molar-refractivity contribution in [1.29, 1.82) is 0 Å². The van der Waals surface area contributed by atoms with Crippen molar-refractivity contribution in [3.63, 3.8) is 0 Å². The monoisotopic (exact) mass is 439 g/mol. The molecule has 11 nitrogen and oxygen atoms in total. The van der Waals surface area contributed by atoms with Crippen molar-refractivity contribution in [2.45, 2.75) is 32.9 Å². The number of likely N-dealkylation sites (tertiary alicyclic amines) is 1. The molecule has 1 saturated heterocycles. The normalized spacial score (nSPS) is 16.2. The van der Waals surface area contributed by atoms with E-state index in [1.165, 1.54) is 15.4 Å². The third-order valence-corrected chi connectivity index (χ3v) is 5.71. The fourth-order valence-corrected chi connectivity index (χ4v) is 4.04. The van der Waals surface area contributed by atoms with E-state index in [0.29, 0.717) is 48.4 Å². The smallest absolute Gasteiger partial charge is 0.353 e. The molecular weight excluding hydrogens is 414 g/mol. The summed E-state index contributed by atoms with van der Waals surface area (Å²) in [5.41, 5.74) is 0.677. The molecule has 168 valence electrons. The Morgan fingerprint density at radius 3 is 2.81 bits per heavy atom. The summed E-state index contributed by atoms with van der Waals surface area (Å²) in [5.74, 6) is 1.71. The highest BCUT2D eigenvalue weighted by Gasteiger charge is 2.26. The first kappa shape index (κ1) is 20.4. The van der Waals surface area contributed by atoms with E-state index in [0.717, 1.165) is 32.4 Å². The molecule has 0 N–H and O–H groups in total. The van der Waals surface area contributed by atoms with E-state index < -0.39 is 0 Å². The summed E-state index contributed by atoms with van der Waals surface area (Å²) in [6.45, 7) is 4.95. The molecule has 3 aromatic rings. The van der Waals surface area contributed by atoms with E-state index in [2.05, 4.69) is 15.1 Å². The lowest BCUT2D eigenvalue weighted by Crippen LogP contribution is -2.36. The molecule has 32 heavy (non-hydrogen) atoms. The van der Waals surface area contributed by atoms with Crippen LogP contribution in [0.4, 0.5) is 11.6 Å². The Hall–Kier alpha value is -3.47. The Balaban J connectivity index is 1.44. The number of hydrogen-bond acceptors (Lipinski definition) is 8. The number of ether oxygens (including phenoxy) is 2. The van der Waals surface area contributed by atoms with Crippen molar-refractivity contribution < 1.29 is 14.3 Å². The van der Waals surface area contributed by atoms with Crippen LogP contribution in [0.2, 0.25) is 0 Å². The van der Waals surface area contributed by atoms with Crippen LogP contribution in [0.3, 0.4) is 0 Å². The number of nitrogens with zero attached hydrogens (tertiary/aromatic N) is 7. The molecular formula is C21H25N7O4. The molecule has 2 aliphatic heterocycles. The number of hydrogen-bond donors (Lipinski definition) is 0. The molecule has 1 amide bonds. The number of anilines is 2. The van der Waals surface area contributed by atoms with E-state index in [9.17, 15) is 9.59 Å². The zero-order valence-corrected chi connectivity index (χ0v) is 17.9. The van der Waals surface area contributed by atoms with Gasteiger partial charge in [-0.2, -0.15) is 4.68 Å². The van der Waals surface area contributed by atoms with Gasteiger partial charge >= 0.3 is 5.69 Å². The highest BCUT2D eigenvalue weighted by atomic mass is 16.5. The molecule has 0 aliphatic carbocycles. The van der Waals surface area contributed by atoms with Crippen LogP contribution in [0.5, 0.6) is 5.75 Å². The second-order valence-corrected chi connectivity index (χ2v) is 7.78. The first-order valence-electron chi connectivity index (χ1n) is 10.9. The predicted octanol–water partition coefficient (Wildman–Crippen LogP) is 1.44. The lowest BCUT2D eigenvalue weighted by atomic mass is 10.1. The van der Waals surface area contributed by atoms with Crippen molar-refractivity contribution >= 4 is 23.2 Å². The van der Waals surface area contributed by atoms with Crippen LogP contribution in [-0.2, 0) is 11.5 Å². The number of rotatable bonds is 5. The lowest BCUT2D eigenvalue weighted by molar-refractivity contribution is 0.0723. The van der Waals surface area contributed by atoms with Crippen molar-refractivity contribution in [3.8, 4) is 5.75 Å². The minimum Gasteiger partial charge on any atom is -0.488 e. The molecule has 0 saturated carbocycles. The van der Waals surface area contributed by atoms with Gasteiger partial charge in [0.25, 0.3) is 5.91 Å². The molecule has 0 unspecified atom stereocenters. The molecule has 0 spiro atoms. The fourth-order valence-electron chi connectivity index (χ4n) is 4.04. The van der Waals surface area contributed by atoms with Crippen LogP contribution in [0.25, 0.3) is 5.65 Å². The summed E-state index contributed by atoms with van der Waals surface area (Å²) in [6.07, 6.45) is 6.28. The molecule has 5 heterocycles. The molecule has 0 radical (unpaired) electrons. The zero-order chi connectivity index (χ0) is 22.1. The average molecular weight is 439 g/mol. The summed E-state index contributed by atoms with van der Waals surface area (Å²) in [5, 5.41) is 4.32. The summed E-state index contributed by atoms with van der Waals surface area (Å²) >= 11 is 0. The van der Waals surface area contributed by atoms with E-state index in [-0.39, 0.29) is 18.3 Å². The highest BCUT2D eigenvalue weighted by Crippen LogP contribution is 2.34. The average Bonchev–Trinajstić information content (AvgIpc) is 3.16. The van der Waals surface area contributed by atoms with Crippen molar-refractivity contribution in [3.05, 3.63) is 40.7 Å². The predicted molar refractivity (Wildman–Crippen MR) is 115 cm³/mol. The number of pyridine rings is 1. The molecule has 0 aromatic carbocycles. The molecule has 11 heteroatoms. The minimum absolute atomic E-state index is 0.0144. The maximum absolute atomic E-state index is 12.8. The molecule has 0 atom stereocenters. The van der Waals surface area contributed by atoms with Gasteiger partial charge in [-0.05, 0) is 32.3 Å². The van der Waals surface area contributed by atoms with Gasteiger partial charge in [-0.15, -0.1) is 5.10 Å². The largest absolute Gasteiger partial charge is 0.488 e. The van der Waals surface area contributed by atoms with Crippen LogP contribution < -0.4 is 15.3 Å². The summed E-state index contributed by atoms with van der Waals surface area (Å²) in [7, 11) is 0. The first-order chi connectivity index (χ1) is 15.7. The maximum Gasteiger partial charge on any atom is 0.353 e. The minimum atomic E-state index is -0.311. The number of fused-ring (bicyclic) bond motifs is 2. The molecule has 0 bridgehead atoms. The van der Waals surface area contributed by atoms with Gasteiger partial charge in [0.2, 0.25) is 0 Å². The van der Waals surface area contributed by atoms with E-state index >= 15 is 0 Å². The van der Waals surface area contributed by atoms with Crippen LogP contribution in [-0.4, -0.2) is 67.8 Å². The van der Waals surface area contributed by atoms with Gasteiger partial charge in [-0.1, -0.05) is 0 Å². The van der Waals surface area contributed by atoms with Gasteiger partial charge in [-0.3, -0.25) is 4.79 Å². The number of amides is 1. The third kappa shape index (κ3) is 3.68. The van der Waals surface area contributed by atoms with Crippen molar-refractivity contribution in [2.24, 2.45) is 0 Å². The Labute approximate surface area is 184 Å². The number of aromatic nitrogens is 5. The quantitative estimate of drug-likeness (QED) is 0.588. The van der Waals surface area contributed by atoms with Crippen LogP contribution in [0.1, 0.15) is 36.5 Å². The topological polar surface area (TPSA) is 107 Å². The van der Waals surface area contributed by atoms with Crippen LogP contribution in [0, 0.1) is 0 Å². The first-order valence-corrected chi connectivity index (χ1v) is 10.9. The second kappa shape index (κ2) is 8.58. The molecule has 5 rings (SSSR count). The third-order valence-electron chi connectivity index (χ3n) is 5.71. The Morgan fingerprint density at radius 1 is 1.16 bits per heavy atom. The van der Waals surface area contributed by atoms with Crippen molar-refractivity contribution in [1.82, 2.24) is 29.0 Å². The Bertz CT molecular complexity index is 1200. The van der Waals surface area contributed by atoms with Gasteiger partial charge in [0, 0.05) is 32.0 Å². The van der Waals surface area contributed by atoms with Gasteiger partial charge in [0.15, 0.2) is 17.2 Å². The molecule has 3 aromatic heterocycles. The van der Waals surface area contributed by atoms with E-state index in [4.69, 9.17) is 9.47 Å². The lowest BCUT2D eigenvalue weighted by Gasteiger charge is -2.30. The summed E-state index contributed by atoms with van der Waals surface area (Å²) in [4.78, 5) is 38.0. The second-order valence-electron chi connectivity index (χ2n) is 7.78. The highest BCUT2D eigenvalue weighted by molar-refractivity contribution is 5.95.